The predicted octanol–water partition coefficient (Wildman–Crippen LogP) is 4.26. The zero-order valence-electron chi connectivity index (χ0n) is 8.80. The summed E-state index contributed by atoms with van der Waals surface area (Å²) in [6, 6.07) is 8.24. The number of thiol groups is 1. The highest BCUT2D eigenvalue weighted by atomic mass is 79.9. The lowest BCUT2D eigenvalue weighted by atomic mass is 10.3. The molecule has 0 atom stereocenters. The molecule has 0 saturated carbocycles. The van der Waals surface area contributed by atoms with Gasteiger partial charge in [0.2, 0.25) is 0 Å². The van der Waals surface area contributed by atoms with Gasteiger partial charge in [0.1, 0.15) is 5.65 Å². The topological polar surface area (TPSA) is 17.3 Å². The van der Waals surface area contributed by atoms with Crippen LogP contribution in [-0.2, 0) is 5.75 Å². The average Bonchev–Trinajstić information content (AvgIpc) is 2.93. The second-order valence-electron chi connectivity index (χ2n) is 3.64. The molecule has 17 heavy (non-hydrogen) atoms. The molecule has 0 unspecified atom stereocenters. The Morgan fingerprint density at radius 1 is 1.29 bits per heavy atom. The van der Waals surface area contributed by atoms with Gasteiger partial charge in [0.05, 0.1) is 16.8 Å². The highest BCUT2D eigenvalue weighted by molar-refractivity contribution is 9.10. The van der Waals surface area contributed by atoms with Crippen molar-refractivity contribution in [2.75, 3.05) is 0 Å². The molecule has 3 aromatic heterocycles. The molecule has 0 N–H and O–H groups in total. The lowest BCUT2D eigenvalue weighted by molar-refractivity contribution is 1.18. The Hall–Kier alpha value is -0.780. The number of aromatic nitrogens is 2. The second kappa shape index (κ2) is 4.48. The van der Waals surface area contributed by atoms with E-state index in [9.17, 15) is 0 Å². The van der Waals surface area contributed by atoms with Gasteiger partial charge in [-0.15, -0.1) is 11.3 Å². The van der Waals surface area contributed by atoms with E-state index in [0.29, 0.717) is 0 Å². The minimum absolute atomic E-state index is 0.783. The van der Waals surface area contributed by atoms with Crippen molar-refractivity contribution in [1.29, 1.82) is 0 Å². The molecule has 0 aliphatic heterocycles. The number of hydrogen-bond acceptors (Lipinski definition) is 3. The van der Waals surface area contributed by atoms with Gasteiger partial charge in [-0.2, -0.15) is 12.6 Å². The van der Waals surface area contributed by atoms with Crippen LogP contribution in [0.3, 0.4) is 0 Å². The van der Waals surface area contributed by atoms with E-state index in [1.54, 1.807) is 11.3 Å². The second-order valence-corrected chi connectivity index (χ2v) is 6.04. The van der Waals surface area contributed by atoms with Gasteiger partial charge in [-0.25, -0.2) is 4.98 Å². The van der Waals surface area contributed by atoms with Crippen LogP contribution in [0.2, 0.25) is 0 Å². The normalized spacial score (nSPS) is 11.2. The molecule has 5 heteroatoms. The Morgan fingerprint density at radius 3 is 2.94 bits per heavy atom. The van der Waals surface area contributed by atoms with Gasteiger partial charge in [-0.1, -0.05) is 0 Å². The Labute approximate surface area is 117 Å². The van der Waals surface area contributed by atoms with E-state index >= 15 is 0 Å². The molecule has 2 nitrogen and oxygen atoms in total. The van der Waals surface area contributed by atoms with Gasteiger partial charge < -0.3 is 0 Å². The van der Waals surface area contributed by atoms with Crippen LogP contribution in [0.4, 0.5) is 0 Å². The Morgan fingerprint density at radius 2 is 2.18 bits per heavy atom. The molecule has 86 valence electrons. The Kier molecular flexibility index (Phi) is 2.98. The van der Waals surface area contributed by atoms with Crippen molar-refractivity contribution >= 4 is 45.5 Å². The summed E-state index contributed by atoms with van der Waals surface area (Å²) in [7, 11) is 0. The number of thiophene rings is 1. The fourth-order valence-electron chi connectivity index (χ4n) is 1.74. The third-order valence-electron chi connectivity index (χ3n) is 2.54. The maximum Gasteiger partial charge on any atom is 0.137 e. The minimum atomic E-state index is 0.783. The lowest BCUT2D eigenvalue weighted by Gasteiger charge is -1.99. The quantitative estimate of drug-likeness (QED) is 0.697. The minimum Gasteiger partial charge on any atom is -0.298 e. The fraction of sp³-hybridized carbons (Fsp3) is 0.0833. The molecule has 0 aliphatic rings. The fourth-order valence-corrected chi connectivity index (χ4v) is 3.25. The third kappa shape index (κ3) is 2.03. The van der Waals surface area contributed by atoms with Crippen molar-refractivity contribution in [2.24, 2.45) is 0 Å². The summed E-state index contributed by atoms with van der Waals surface area (Å²) in [5.74, 6) is 0.783. The molecule has 3 heterocycles. The van der Waals surface area contributed by atoms with E-state index in [1.807, 2.05) is 24.5 Å². The standard InChI is InChI=1S/C12H9BrN2S2/c13-8-1-4-12-14-5-10(15(12)6-8)11-3-2-9(7-16)17-11/h1-6,16H,7H2. The zero-order chi connectivity index (χ0) is 11.8. The Balaban J connectivity index is 2.19. The Bertz CT molecular complexity index is 672. The summed E-state index contributed by atoms with van der Waals surface area (Å²) < 4.78 is 3.15. The summed E-state index contributed by atoms with van der Waals surface area (Å²) in [6.07, 6.45) is 3.95. The number of fused-ring (bicyclic) bond motifs is 1. The van der Waals surface area contributed by atoms with E-state index in [1.165, 1.54) is 9.75 Å². The monoisotopic (exact) mass is 324 g/mol. The van der Waals surface area contributed by atoms with Gasteiger partial charge in [0.25, 0.3) is 0 Å². The summed E-state index contributed by atoms with van der Waals surface area (Å²) in [5, 5.41) is 0. The molecule has 3 aromatic rings. The number of imidazole rings is 1. The lowest BCUT2D eigenvalue weighted by Crippen LogP contribution is -1.85. The molecular weight excluding hydrogens is 316 g/mol. The maximum atomic E-state index is 4.40. The molecule has 0 spiro atoms. The molecule has 0 amide bonds. The molecule has 0 saturated heterocycles. The molecule has 0 fully saturated rings. The van der Waals surface area contributed by atoms with Gasteiger partial charge in [0.15, 0.2) is 0 Å². The first kappa shape index (κ1) is 11.3. The van der Waals surface area contributed by atoms with Crippen LogP contribution < -0.4 is 0 Å². The van der Waals surface area contributed by atoms with Gasteiger partial charge in [-0.3, -0.25) is 4.40 Å². The molecular formula is C12H9BrN2S2. The van der Waals surface area contributed by atoms with E-state index in [-0.39, 0.29) is 0 Å². The smallest absolute Gasteiger partial charge is 0.137 e. The van der Waals surface area contributed by atoms with Crippen molar-refractivity contribution in [3.63, 3.8) is 0 Å². The van der Waals surface area contributed by atoms with Gasteiger partial charge in [-0.05, 0) is 40.2 Å². The van der Waals surface area contributed by atoms with Crippen molar-refractivity contribution in [3.8, 4) is 10.6 Å². The third-order valence-corrected chi connectivity index (χ3v) is 4.67. The summed E-state index contributed by atoms with van der Waals surface area (Å²) in [6.45, 7) is 0. The number of rotatable bonds is 2. The molecule has 0 radical (unpaired) electrons. The molecule has 0 bridgehead atoms. The summed E-state index contributed by atoms with van der Waals surface area (Å²) in [4.78, 5) is 6.89. The van der Waals surface area contributed by atoms with Crippen LogP contribution >= 0.6 is 39.9 Å². The van der Waals surface area contributed by atoms with Crippen LogP contribution in [0.25, 0.3) is 16.2 Å². The highest BCUT2D eigenvalue weighted by Crippen LogP contribution is 2.30. The summed E-state index contributed by atoms with van der Waals surface area (Å²) in [5.41, 5.74) is 2.09. The van der Waals surface area contributed by atoms with Crippen LogP contribution in [0.5, 0.6) is 0 Å². The molecule has 0 aliphatic carbocycles. The van der Waals surface area contributed by atoms with E-state index < -0.39 is 0 Å². The van der Waals surface area contributed by atoms with E-state index in [2.05, 4.69) is 50.1 Å². The SMILES string of the molecule is SCc1ccc(-c2cnc3ccc(Br)cn23)s1. The van der Waals surface area contributed by atoms with Crippen LogP contribution in [0.1, 0.15) is 4.88 Å². The van der Waals surface area contributed by atoms with E-state index in [4.69, 9.17) is 0 Å². The number of halogens is 1. The first-order chi connectivity index (χ1) is 8.28. The average molecular weight is 325 g/mol. The van der Waals surface area contributed by atoms with Crippen LogP contribution in [0.15, 0.2) is 41.1 Å². The van der Waals surface area contributed by atoms with Crippen molar-refractivity contribution in [3.05, 3.63) is 46.0 Å². The first-order valence-electron chi connectivity index (χ1n) is 5.10. The van der Waals surface area contributed by atoms with Crippen molar-refractivity contribution in [1.82, 2.24) is 9.38 Å². The largest absolute Gasteiger partial charge is 0.298 e. The zero-order valence-corrected chi connectivity index (χ0v) is 12.1. The van der Waals surface area contributed by atoms with Crippen LogP contribution in [-0.4, -0.2) is 9.38 Å². The highest BCUT2D eigenvalue weighted by Gasteiger charge is 2.08. The maximum absolute atomic E-state index is 4.40. The van der Waals surface area contributed by atoms with Gasteiger partial charge in [0, 0.05) is 21.3 Å². The van der Waals surface area contributed by atoms with Crippen molar-refractivity contribution in [2.45, 2.75) is 5.75 Å². The van der Waals surface area contributed by atoms with E-state index in [0.717, 1.165) is 21.6 Å². The van der Waals surface area contributed by atoms with Gasteiger partial charge >= 0.3 is 0 Å². The van der Waals surface area contributed by atoms with Crippen LogP contribution in [0, 0.1) is 0 Å². The predicted molar refractivity (Wildman–Crippen MR) is 78.9 cm³/mol. The number of hydrogen-bond donors (Lipinski definition) is 1. The van der Waals surface area contributed by atoms with Crippen molar-refractivity contribution < 1.29 is 0 Å². The molecule has 3 rings (SSSR count). The number of nitrogens with zero attached hydrogens (tertiary/aromatic N) is 2. The molecule has 0 aromatic carbocycles. The first-order valence-corrected chi connectivity index (χ1v) is 7.34. The number of pyridine rings is 1. The summed E-state index contributed by atoms with van der Waals surface area (Å²) >= 11 is 9.54.